The van der Waals surface area contributed by atoms with Gasteiger partial charge in [-0.3, -0.25) is 4.98 Å². The number of nitrogens with zero attached hydrogens (tertiary/aromatic N) is 1. The van der Waals surface area contributed by atoms with Crippen molar-refractivity contribution in [1.29, 1.82) is 0 Å². The molecule has 0 unspecified atom stereocenters. The first-order chi connectivity index (χ1) is 9.15. The van der Waals surface area contributed by atoms with Gasteiger partial charge in [0, 0.05) is 23.4 Å². The zero-order valence-electron chi connectivity index (χ0n) is 9.86. The molecule has 0 saturated carbocycles. The molecule has 2 aromatic rings. The molecule has 19 heavy (non-hydrogen) atoms. The number of hydrogen-bond donors (Lipinski definition) is 2. The van der Waals surface area contributed by atoms with Crippen LogP contribution in [0.4, 0.5) is 14.9 Å². The number of benzene rings is 1. The molecule has 98 valence electrons. The van der Waals surface area contributed by atoms with Crippen LogP contribution >= 0.6 is 15.9 Å². The van der Waals surface area contributed by atoms with Gasteiger partial charge in [-0.15, -0.1) is 0 Å². The summed E-state index contributed by atoms with van der Waals surface area (Å²) in [5.41, 5.74) is 1.40. The van der Waals surface area contributed by atoms with Crippen LogP contribution < -0.4 is 10.6 Å². The highest BCUT2D eigenvalue weighted by Crippen LogP contribution is 2.22. The summed E-state index contributed by atoms with van der Waals surface area (Å²) in [6.45, 7) is 0.373. The molecule has 2 N–H and O–H groups in total. The number of nitrogens with one attached hydrogen (secondary N) is 2. The lowest BCUT2D eigenvalue weighted by atomic mass is 10.3. The molecule has 2 amide bonds. The standard InChI is InChI=1S/C13H11BrFN3O/c14-11-6-10(15)3-4-12(11)18-13(19)17-8-9-2-1-5-16-7-9/h1-7H,8H2,(H2,17,18,19). The van der Waals surface area contributed by atoms with E-state index in [2.05, 4.69) is 31.5 Å². The van der Waals surface area contributed by atoms with Gasteiger partial charge in [0.25, 0.3) is 0 Å². The molecule has 0 aliphatic rings. The van der Waals surface area contributed by atoms with E-state index in [-0.39, 0.29) is 11.8 Å². The lowest BCUT2D eigenvalue weighted by Gasteiger charge is -2.09. The molecule has 2 rings (SSSR count). The third-order valence-corrected chi connectivity index (χ3v) is 3.01. The smallest absolute Gasteiger partial charge is 0.319 e. The summed E-state index contributed by atoms with van der Waals surface area (Å²) in [5.74, 6) is -0.367. The number of anilines is 1. The highest BCUT2D eigenvalue weighted by molar-refractivity contribution is 9.10. The molecule has 1 aromatic carbocycles. The number of halogens is 2. The maximum atomic E-state index is 12.9. The second-order valence-electron chi connectivity index (χ2n) is 3.79. The lowest BCUT2D eigenvalue weighted by Crippen LogP contribution is -2.28. The van der Waals surface area contributed by atoms with E-state index in [0.29, 0.717) is 16.7 Å². The largest absolute Gasteiger partial charge is 0.334 e. The number of hydrogen-bond acceptors (Lipinski definition) is 2. The first kappa shape index (κ1) is 13.5. The fourth-order valence-electron chi connectivity index (χ4n) is 1.44. The molecule has 0 bridgehead atoms. The van der Waals surface area contributed by atoms with E-state index < -0.39 is 0 Å². The number of carbonyl (C=O) groups excluding carboxylic acids is 1. The van der Waals surface area contributed by atoms with Crippen molar-refractivity contribution in [2.45, 2.75) is 6.54 Å². The van der Waals surface area contributed by atoms with Crippen LogP contribution in [0, 0.1) is 5.82 Å². The van der Waals surface area contributed by atoms with Gasteiger partial charge < -0.3 is 10.6 Å². The Morgan fingerprint density at radius 1 is 1.37 bits per heavy atom. The van der Waals surface area contributed by atoms with Crippen molar-refractivity contribution in [2.75, 3.05) is 5.32 Å². The van der Waals surface area contributed by atoms with Gasteiger partial charge in [0.1, 0.15) is 5.82 Å². The molecule has 0 aliphatic heterocycles. The van der Waals surface area contributed by atoms with Gasteiger partial charge in [-0.25, -0.2) is 9.18 Å². The molecule has 0 aliphatic carbocycles. The van der Waals surface area contributed by atoms with E-state index in [9.17, 15) is 9.18 Å². The number of carbonyl (C=O) groups is 1. The summed E-state index contributed by atoms with van der Waals surface area (Å²) in [6.07, 6.45) is 3.34. The molecule has 4 nitrogen and oxygen atoms in total. The minimum Gasteiger partial charge on any atom is -0.334 e. The van der Waals surface area contributed by atoms with E-state index in [1.165, 1.54) is 18.2 Å². The molecular weight excluding hydrogens is 313 g/mol. The Balaban J connectivity index is 1.91. The Hall–Kier alpha value is -1.95. The predicted octanol–water partition coefficient (Wildman–Crippen LogP) is 3.30. The van der Waals surface area contributed by atoms with Crippen LogP contribution in [0.1, 0.15) is 5.56 Å². The monoisotopic (exact) mass is 323 g/mol. The van der Waals surface area contributed by atoms with Crippen LogP contribution in [-0.4, -0.2) is 11.0 Å². The van der Waals surface area contributed by atoms with Gasteiger partial charge in [0.2, 0.25) is 0 Å². The summed E-state index contributed by atoms with van der Waals surface area (Å²) < 4.78 is 13.4. The van der Waals surface area contributed by atoms with Gasteiger partial charge in [-0.05, 0) is 45.8 Å². The van der Waals surface area contributed by atoms with Crippen molar-refractivity contribution >= 4 is 27.6 Å². The van der Waals surface area contributed by atoms with E-state index >= 15 is 0 Å². The number of aromatic nitrogens is 1. The predicted molar refractivity (Wildman–Crippen MR) is 74.2 cm³/mol. The van der Waals surface area contributed by atoms with Crippen LogP contribution in [-0.2, 0) is 6.54 Å². The van der Waals surface area contributed by atoms with Crippen LogP contribution in [0.25, 0.3) is 0 Å². The molecule has 0 fully saturated rings. The Bertz CT molecular complexity index is 577. The average molecular weight is 324 g/mol. The molecule has 0 radical (unpaired) electrons. The lowest BCUT2D eigenvalue weighted by molar-refractivity contribution is 0.251. The Labute approximate surface area is 118 Å². The Morgan fingerprint density at radius 3 is 2.89 bits per heavy atom. The van der Waals surface area contributed by atoms with Crippen molar-refractivity contribution in [3.63, 3.8) is 0 Å². The normalized spacial score (nSPS) is 10.0. The van der Waals surface area contributed by atoms with Crippen molar-refractivity contribution in [2.24, 2.45) is 0 Å². The van der Waals surface area contributed by atoms with E-state index in [1.54, 1.807) is 18.5 Å². The molecule has 1 heterocycles. The first-order valence-corrected chi connectivity index (χ1v) is 6.33. The summed E-state index contributed by atoms with van der Waals surface area (Å²) in [7, 11) is 0. The van der Waals surface area contributed by atoms with Gasteiger partial charge in [-0.1, -0.05) is 6.07 Å². The Morgan fingerprint density at radius 2 is 2.21 bits per heavy atom. The number of urea groups is 1. The summed E-state index contributed by atoms with van der Waals surface area (Å²) >= 11 is 3.18. The van der Waals surface area contributed by atoms with Crippen molar-refractivity contribution < 1.29 is 9.18 Å². The first-order valence-electron chi connectivity index (χ1n) is 5.54. The molecular formula is C13H11BrFN3O. The quantitative estimate of drug-likeness (QED) is 0.910. The second-order valence-corrected chi connectivity index (χ2v) is 4.65. The zero-order valence-corrected chi connectivity index (χ0v) is 11.4. The number of rotatable bonds is 3. The molecule has 0 spiro atoms. The van der Waals surface area contributed by atoms with E-state index in [4.69, 9.17) is 0 Å². The summed E-state index contributed by atoms with van der Waals surface area (Å²) in [6, 6.07) is 7.35. The summed E-state index contributed by atoms with van der Waals surface area (Å²) in [5, 5.41) is 5.31. The minimum atomic E-state index is -0.367. The van der Waals surface area contributed by atoms with Gasteiger partial charge in [0.15, 0.2) is 0 Å². The fourth-order valence-corrected chi connectivity index (χ4v) is 1.89. The van der Waals surface area contributed by atoms with Crippen LogP contribution in [0.3, 0.4) is 0 Å². The third-order valence-electron chi connectivity index (χ3n) is 2.36. The van der Waals surface area contributed by atoms with Gasteiger partial charge in [-0.2, -0.15) is 0 Å². The molecule has 0 atom stereocenters. The SMILES string of the molecule is O=C(NCc1cccnc1)Nc1ccc(F)cc1Br. The highest BCUT2D eigenvalue weighted by Gasteiger charge is 2.05. The maximum absolute atomic E-state index is 12.9. The highest BCUT2D eigenvalue weighted by atomic mass is 79.9. The zero-order chi connectivity index (χ0) is 13.7. The van der Waals surface area contributed by atoms with E-state index in [0.717, 1.165) is 5.56 Å². The number of amides is 2. The van der Waals surface area contributed by atoms with Crippen LogP contribution in [0.15, 0.2) is 47.2 Å². The van der Waals surface area contributed by atoms with Crippen molar-refractivity contribution in [3.05, 3.63) is 58.6 Å². The Kier molecular flexibility index (Phi) is 4.46. The van der Waals surface area contributed by atoms with Crippen LogP contribution in [0.5, 0.6) is 0 Å². The van der Waals surface area contributed by atoms with Crippen molar-refractivity contribution in [1.82, 2.24) is 10.3 Å². The molecule has 6 heteroatoms. The summed E-state index contributed by atoms with van der Waals surface area (Å²) in [4.78, 5) is 15.6. The topological polar surface area (TPSA) is 54.0 Å². The third kappa shape index (κ3) is 4.03. The van der Waals surface area contributed by atoms with Crippen LogP contribution in [0.2, 0.25) is 0 Å². The number of pyridine rings is 1. The maximum Gasteiger partial charge on any atom is 0.319 e. The minimum absolute atomic E-state index is 0.365. The molecule has 0 saturated heterocycles. The van der Waals surface area contributed by atoms with E-state index in [1.807, 2.05) is 6.07 Å². The second kappa shape index (κ2) is 6.29. The fraction of sp³-hybridized carbons (Fsp3) is 0.0769. The average Bonchev–Trinajstić information content (AvgIpc) is 2.41. The van der Waals surface area contributed by atoms with Gasteiger partial charge in [0.05, 0.1) is 5.69 Å². The molecule has 1 aromatic heterocycles. The van der Waals surface area contributed by atoms with Gasteiger partial charge >= 0.3 is 6.03 Å². The van der Waals surface area contributed by atoms with Crippen molar-refractivity contribution in [3.8, 4) is 0 Å².